The summed E-state index contributed by atoms with van der Waals surface area (Å²) in [4.78, 5) is 0.958. The number of benzene rings is 1. The molecule has 0 fully saturated rings. The van der Waals surface area contributed by atoms with Crippen molar-refractivity contribution in [2.75, 3.05) is 5.73 Å². The van der Waals surface area contributed by atoms with Crippen molar-refractivity contribution in [3.05, 3.63) is 40.6 Å². The highest BCUT2D eigenvalue weighted by Gasteiger charge is 2.15. The van der Waals surface area contributed by atoms with E-state index in [1.54, 1.807) is 0 Å². The molecule has 1 aromatic heterocycles. The Morgan fingerprint density at radius 3 is 2.72 bits per heavy atom. The van der Waals surface area contributed by atoms with Gasteiger partial charge in [-0.15, -0.1) is 11.3 Å². The van der Waals surface area contributed by atoms with E-state index < -0.39 is 10.0 Å². The Hall–Kier alpha value is -1.57. The molecule has 18 heavy (non-hydrogen) atoms. The molecule has 5 nitrogen and oxygen atoms in total. The second kappa shape index (κ2) is 4.97. The molecule has 0 atom stereocenters. The number of phenols is 1. The number of anilines is 1. The summed E-state index contributed by atoms with van der Waals surface area (Å²) in [7, 11) is -3.61. The van der Waals surface area contributed by atoms with Crippen molar-refractivity contribution >= 4 is 27.0 Å². The quantitative estimate of drug-likeness (QED) is 0.586. The first-order valence-corrected chi connectivity index (χ1v) is 7.46. The lowest BCUT2D eigenvalue weighted by Crippen LogP contribution is -2.22. The molecule has 0 spiro atoms. The molecule has 0 radical (unpaired) electrons. The van der Waals surface area contributed by atoms with Crippen molar-refractivity contribution in [2.45, 2.75) is 11.4 Å². The summed E-state index contributed by atoms with van der Waals surface area (Å²) in [5, 5.41) is 11.1. The van der Waals surface area contributed by atoms with Crippen LogP contribution in [-0.2, 0) is 16.6 Å². The Morgan fingerprint density at radius 1 is 1.33 bits per heavy atom. The highest BCUT2D eigenvalue weighted by molar-refractivity contribution is 7.89. The van der Waals surface area contributed by atoms with Crippen molar-refractivity contribution in [1.82, 2.24) is 4.72 Å². The van der Waals surface area contributed by atoms with Gasteiger partial charge in [-0.2, -0.15) is 0 Å². The highest BCUT2D eigenvalue weighted by Crippen LogP contribution is 2.23. The summed E-state index contributed by atoms with van der Waals surface area (Å²) >= 11 is 1.47. The van der Waals surface area contributed by atoms with Crippen LogP contribution in [0.4, 0.5) is 5.69 Å². The second-order valence-corrected chi connectivity index (χ2v) is 6.42. The molecule has 96 valence electrons. The summed E-state index contributed by atoms with van der Waals surface area (Å²) < 4.78 is 26.4. The minimum atomic E-state index is -3.61. The number of nitrogens with two attached hydrogens (primary N) is 1. The predicted molar refractivity (Wildman–Crippen MR) is 70.9 cm³/mol. The summed E-state index contributed by atoms with van der Waals surface area (Å²) in [5.41, 5.74) is 5.50. The first-order chi connectivity index (χ1) is 8.49. The van der Waals surface area contributed by atoms with Gasteiger partial charge in [0.2, 0.25) is 10.0 Å². The van der Waals surface area contributed by atoms with Gasteiger partial charge >= 0.3 is 0 Å². The van der Waals surface area contributed by atoms with Crippen molar-refractivity contribution in [3.8, 4) is 5.75 Å². The monoisotopic (exact) mass is 284 g/mol. The van der Waals surface area contributed by atoms with Gasteiger partial charge in [0.25, 0.3) is 0 Å². The number of hydrogen-bond donors (Lipinski definition) is 3. The van der Waals surface area contributed by atoms with E-state index in [2.05, 4.69) is 4.72 Å². The lowest BCUT2D eigenvalue weighted by Gasteiger charge is -2.07. The molecule has 0 amide bonds. The van der Waals surface area contributed by atoms with Crippen LogP contribution < -0.4 is 10.5 Å². The fourth-order valence-corrected chi connectivity index (χ4v) is 3.14. The molecule has 7 heteroatoms. The van der Waals surface area contributed by atoms with Crippen LogP contribution in [0.25, 0.3) is 0 Å². The van der Waals surface area contributed by atoms with E-state index >= 15 is 0 Å². The second-order valence-electron chi connectivity index (χ2n) is 3.62. The smallest absolute Gasteiger partial charge is 0.240 e. The van der Waals surface area contributed by atoms with Gasteiger partial charge in [-0.3, -0.25) is 0 Å². The van der Waals surface area contributed by atoms with Crippen LogP contribution in [-0.4, -0.2) is 13.5 Å². The zero-order chi connectivity index (χ0) is 13.2. The van der Waals surface area contributed by atoms with E-state index in [0.29, 0.717) is 0 Å². The Balaban J connectivity index is 2.17. The molecule has 2 rings (SSSR count). The molecule has 0 aliphatic rings. The fourth-order valence-electron chi connectivity index (χ4n) is 1.36. The van der Waals surface area contributed by atoms with Crippen LogP contribution in [0.3, 0.4) is 0 Å². The van der Waals surface area contributed by atoms with E-state index in [1.807, 2.05) is 17.5 Å². The lowest BCUT2D eigenvalue weighted by molar-refractivity contribution is 0.477. The lowest BCUT2D eigenvalue weighted by atomic mass is 10.3. The summed E-state index contributed by atoms with van der Waals surface area (Å²) in [6.45, 7) is 0.237. The normalized spacial score (nSPS) is 11.6. The van der Waals surface area contributed by atoms with Crippen LogP contribution in [0.2, 0.25) is 0 Å². The zero-order valence-corrected chi connectivity index (χ0v) is 11.0. The average Bonchev–Trinajstić information content (AvgIpc) is 2.83. The number of hydrogen-bond acceptors (Lipinski definition) is 5. The minimum Gasteiger partial charge on any atom is -0.506 e. The van der Waals surface area contributed by atoms with Gasteiger partial charge in [0.05, 0.1) is 10.6 Å². The van der Waals surface area contributed by atoms with Gasteiger partial charge in [-0.1, -0.05) is 6.07 Å². The first kappa shape index (κ1) is 12.9. The highest BCUT2D eigenvalue weighted by atomic mass is 32.2. The third-order valence-electron chi connectivity index (χ3n) is 2.33. The van der Waals surface area contributed by atoms with E-state index in [9.17, 15) is 13.5 Å². The maximum atomic E-state index is 11.9. The first-order valence-electron chi connectivity index (χ1n) is 5.09. The number of nitrogens with one attached hydrogen (secondary N) is 1. The molecule has 0 saturated heterocycles. The van der Waals surface area contributed by atoms with Crippen LogP contribution in [0, 0.1) is 0 Å². The van der Waals surface area contributed by atoms with Gasteiger partial charge in [-0.05, 0) is 29.6 Å². The maximum Gasteiger partial charge on any atom is 0.240 e. The predicted octanol–water partition coefficient (Wildman–Crippen LogP) is 1.51. The number of sulfonamides is 1. The minimum absolute atomic E-state index is 0.0361. The molecule has 1 heterocycles. The van der Waals surface area contributed by atoms with Gasteiger partial charge in [0.15, 0.2) is 0 Å². The topological polar surface area (TPSA) is 92.4 Å². The molecule has 0 saturated carbocycles. The standard InChI is InChI=1S/C11H12N2O3S2/c12-10-6-9(3-4-11(10)14)18(15,16)13-7-8-2-1-5-17-8/h1-6,13-14H,7,12H2. The van der Waals surface area contributed by atoms with Crippen LogP contribution in [0.15, 0.2) is 40.6 Å². The van der Waals surface area contributed by atoms with Gasteiger partial charge in [0, 0.05) is 11.4 Å². The third kappa shape index (κ3) is 2.81. The van der Waals surface area contributed by atoms with Gasteiger partial charge < -0.3 is 10.8 Å². The molecule has 2 aromatic rings. The Bertz CT molecular complexity index is 636. The van der Waals surface area contributed by atoms with E-state index in [0.717, 1.165) is 4.88 Å². The Morgan fingerprint density at radius 2 is 2.11 bits per heavy atom. The molecule has 0 aliphatic heterocycles. The summed E-state index contributed by atoms with van der Waals surface area (Å²) in [6, 6.07) is 7.49. The van der Waals surface area contributed by atoms with Crippen LogP contribution in [0.5, 0.6) is 5.75 Å². The number of nitrogen functional groups attached to an aromatic ring is 1. The molecular weight excluding hydrogens is 272 g/mol. The zero-order valence-electron chi connectivity index (χ0n) is 9.33. The maximum absolute atomic E-state index is 11.9. The van der Waals surface area contributed by atoms with Crippen molar-refractivity contribution in [3.63, 3.8) is 0 Å². The summed E-state index contributed by atoms with van der Waals surface area (Å²) in [5.74, 6) is -0.132. The molecule has 0 bridgehead atoms. The van der Waals surface area contributed by atoms with E-state index in [1.165, 1.54) is 29.5 Å². The Kier molecular flexibility index (Phi) is 3.55. The van der Waals surface area contributed by atoms with Crippen molar-refractivity contribution in [1.29, 1.82) is 0 Å². The molecular formula is C11H12N2O3S2. The number of aromatic hydroxyl groups is 1. The van der Waals surface area contributed by atoms with Crippen LogP contribution in [0.1, 0.15) is 4.88 Å². The number of phenolic OH excluding ortho intramolecular Hbond substituents is 1. The van der Waals surface area contributed by atoms with Crippen molar-refractivity contribution in [2.24, 2.45) is 0 Å². The van der Waals surface area contributed by atoms with E-state index in [4.69, 9.17) is 5.73 Å². The van der Waals surface area contributed by atoms with Gasteiger partial charge in [-0.25, -0.2) is 13.1 Å². The third-order valence-corrected chi connectivity index (χ3v) is 4.60. The van der Waals surface area contributed by atoms with E-state index in [-0.39, 0.29) is 22.9 Å². The largest absolute Gasteiger partial charge is 0.506 e. The van der Waals surface area contributed by atoms with Crippen LogP contribution >= 0.6 is 11.3 Å². The molecule has 4 N–H and O–H groups in total. The summed E-state index contributed by atoms with van der Waals surface area (Å²) in [6.07, 6.45) is 0. The molecule has 0 unspecified atom stereocenters. The van der Waals surface area contributed by atoms with Gasteiger partial charge in [0.1, 0.15) is 5.75 Å². The fraction of sp³-hybridized carbons (Fsp3) is 0.0909. The molecule has 0 aliphatic carbocycles. The Labute approximate surface area is 109 Å². The van der Waals surface area contributed by atoms with Crippen molar-refractivity contribution < 1.29 is 13.5 Å². The average molecular weight is 284 g/mol. The molecule has 1 aromatic carbocycles. The SMILES string of the molecule is Nc1cc(S(=O)(=O)NCc2cccs2)ccc1O. The number of thiophene rings is 1. The number of rotatable bonds is 4.